The normalized spacial score (nSPS) is 17.3. The Morgan fingerprint density at radius 3 is 2.76 bits per heavy atom. The molecule has 0 bridgehead atoms. The summed E-state index contributed by atoms with van der Waals surface area (Å²) in [7, 11) is 0. The van der Waals surface area contributed by atoms with E-state index >= 15 is 0 Å². The van der Waals surface area contributed by atoms with Crippen LogP contribution in [0, 0.1) is 12.3 Å². The van der Waals surface area contributed by atoms with Gasteiger partial charge in [-0.15, -0.1) is 6.42 Å². The lowest BCUT2D eigenvalue weighted by molar-refractivity contribution is 0.0680. The molecule has 0 radical (unpaired) electrons. The van der Waals surface area contributed by atoms with Gasteiger partial charge >= 0.3 is 5.97 Å². The maximum absolute atomic E-state index is 11.4. The SMILES string of the molecule is C#CC1(c2ccc3nccc(C(=O)O)c3c2)CCOCC1. The van der Waals surface area contributed by atoms with Crippen LogP contribution in [0.25, 0.3) is 10.9 Å². The van der Waals surface area contributed by atoms with Crippen LogP contribution >= 0.6 is 0 Å². The Bertz CT molecular complexity index is 739. The van der Waals surface area contributed by atoms with E-state index in [4.69, 9.17) is 11.2 Å². The summed E-state index contributed by atoms with van der Waals surface area (Å²) >= 11 is 0. The Morgan fingerprint density at radius 2 is 2.10 bits per heavy atom. The number of pyridine rings is 1. The highest BCUT2D eigenvalue weighted by Crippen LogP contribution is 2.35. The first-order valence-electron chi connectivity index (χ1n) is 6.84. The highest BCUT2D eigenvalue weighted by molar-refractivity contribution is 6.02. The van der Waals surface area contributed by atoms with Crippen LogP contribution in [0.2, 0.25) is 0 Å². The maximum Gasteiger partial charge on any atom is 0.336 e. The molecule has 0 amide bonds. The fraction of sp³-hybridized carbons (Fsp3) is 0.294. The summed E-state index contributed by atoms with van der Waals surface area (Å²) in [5, 5.41) is 9.95. The highest BCUT2D eigenvalue weighted by Gasteiger charge is 2.32. The zero-order chi connectivity index (χ0) is 14.9. The molecule has 106 valence electrons. The molecule has 0 saturated carbocycles. The van der Waals surface area contributed by atoms with E-state index < -0.39 is 5.97 Å². The molecule has 0 aliphatic carbocycles. The average Bonchev–Trinajstić information content (AvgIpc) is 2.54. The van der Waals surface area contributed by atoms with Gasteiger partial charge in [0.25, 0.3) is 0 Å². The van der Waals surface area contributed by atoms with Gasteiger partial charge in [0, 0.05) is 24.8 Å². The van der Waals surface area contributed by atoms with Crippen molar-refractivity contribution in [2.45, 2.75) is 18.3 Å². The lowest BCUT2D eigenvalue weighted by Gasteiger charge is -2.33. The molecule has 2 heterocycles. The van der Waals surface area contributed by atoms with Crippen molar-refractivity contribution in [1.82, 2.24) is 4.98 Å². The highest BCUT2D eigenvalue weighted by atomic mass is 16.5. The molecule has 1 N–H and O–H groups in total. The monoisotopic (exact) mass is 281 g/mol. The molecule has 0 unspecified atom stereocenters. The molecule has 1 aliphatic rings. The number of ether oxygens (including phenoxy) is 1. The minimum absolute atomic E-state index is 0.251. The molecule has 2 aromatic rings. The van der Waals surface area contributed by atoms with Gasteiger partial charge in [-0.2, -0.15) is 0 Å². The van der Waals surface area contributed by atoms with Crippen LogP contribution in [0.5, 0.6) is 0 Å². The zero-order valence-corrected chi connectivity index (χ0v) is 11.5. The third kappa shape index (κ3) is 2.26. The maximum atomic E-state index is 11.4. The van der Waals surface area contributed by atoms with Gasteiger partial charge in [0.05, 0.1) is 16.5 Å². The van der Waals surface area contributed by atoms with Gasteiger partial charge in [-0.3, -0.25) is 4.98 Å². The molecule has 4 nitrogen and oxygen atoms in total. The lowest BCUT2D eigenvalue weighted by Crippen LogP contribution is -2.32. The van der Waals surface area contributed by atoms with E-state index in [-0.39, 0.29) is 11.0 Å². The number of hydrogen-bond donors (Lipinski definition) is 1. The summed E-state index contributed by atoms with van der Waals surface area (Å²) in [5.41, 5.74) is 1.51. The van der Waals surface area contributed by atoms with Gasteiger partial charge in [0.1, 0.15) is 0 Å². The van der Waals surface area contributed by atoms with Gasteiger partial charge in [-0.1, -0.05) is 12.0 Å². The summed E-state index contributed by atoms with van der Waals surface area (Å²) in [4.78, 5) is 15.6. The average molecular weight is 281 g/mol. The molecule has 0 spiro atoms. The Labute approximate surface area is 122 Å². The Kier molecular flexibility index (Phi) is 3.36. The molecule has 0 atom stereocenters. The number of aromatic nitrogens is 1. The fourth-order valence-corrected chi connectivity index (χ4v) is 2.87. The molecule has 1 aromatic heterocycles. The summed E-state index contributed by atoms with van der Waals surface area (Å²) in [5.74, 6) is 1.94. The van der Waals surface area contributed by atoms with Crippen LogP contribution in [0.4, 0.5) is 0 Å². The first-order valence-corrected chi connectivity index (χ1v) is 6.84. The van der Waals surface area contributed by atoms with Crippen LogP contribution in [0.15, 0.2) is 30.5 Å². The summed E-state index contributed by atoms with van der Waals surface area (Å²) in [6, 6.07) is 7.18. The number of rotatable bonds is 2. The molecule has 1 fully saturated rings. The number of carbonyl (C=O) groups is 1. The molecular formula is C17H15NO3. The molecule has 4 heteroatoms. The minimum Gasteiger partial charge on any atom is -0.478 e. The van der Waals surface area contributed by atoms with Crippen LogP contribution in [0.1, 0.15) is 28.8 Å². The van der Waals surface area contributed by atoms with Gasteiger partial charge < -0.3 is 9.84 Å². The van der Waals surface area contributed by atoms with Crippen LogP contribution in [-0.4, -0.2) is 29.3 Å². The summed E-state index contributed by atoms with van der Waals surface area (Å²) in [6.07, 6.45) is 8.78. The lowest BCUT2D eigenvalue weighted by atomic mass is 9.74. The second kappa shape index (κ2) is 5.19. The number of carboxylic acids is 1. The van der Waals surface area contributed by atoms with Gasteiger partial charge in [0.2, 0.25) is 0 Å². The predicted octanol–water partition coefficient (Wildman–Crippen LogP) is 2.61. The summed E-state index contributed by atoms with van der Waals surface area (Å²) < 4.78 is 5.40. The van der Waals surface area contributed by atoms with Crippen molar-refractivity contribution in [1.29, 1.82) is 0 Å². The molecule has 1 aromatic carbocycles. The number of terminal acetylenes is 1. The van der Waals surface area contributed by atoms with E-state index in [1.807, 2.05) is 18.2 Å². The molecule has 3 rings (SSSR count). The minimum atomic E-state index is -0.957. The van der Waals surface area contributed by atoms with Gasteiger partial charge in [0.15, 0.2) is 0 Å². The van der Waals surface area contributed by atoms with Crippen molar-refractivity contribution in [2.75, 3.05) is 13.2 Å². The van der Waals surface area contributed by atoms with E-state index in [0.717, 1.165) is 18.4 Å². The smallest absolute Gasteiger partial charge is 0.336 e. The van der Waals surface area contributed by atoms with Crippen molar-refractivity contribution in [2.24, 2.45) is 0 Å². The van der Waals surface area contributed by atoms with Crippen LogP contribution in [0.3, 0.4) is 0 Å². The Morgan fingerprint density at radius 1 is 1.33 bits per heavy atom. The molecule has 21 heavy (non-hydrogen) atoms. The number of nitrogens with zero attached hydrogens (tertiary/aromatic N) is 1. The largest absolute Gasteiger partial charge is 0.478 e. The number of benzene rings is 1. The second-order valence-electron chi connectivity index (χ2n) is 5.23. The van der Waals surface area contributed by atoms with E-state index in [2.05, 4.69) is 10.9 Å². The van der Waals surface area contributed by atoms with Crippen molar-refractivity contribution in [3.8, 4) is 12.3 Å². The first-order chi connectivity index (χ1) is 10.2. The number of hydrogen-bond acceptors (Lipinski definition) is 3. The number of aromatic carboxylic acids is 1. The van der Waals surface area contributed by atoms with E-state index in [9.17, 15) is 9.90 Å². The predicted molar refractivity (Wildman–Crippen MR) is 79.3 cm³/mol. The quantitative estimate of drug-likeness (QED) is 0.860. The van der Waals surface area contributed by atoms with Gasteiger partial charge in [-0.25, -0.2) is 4.79 Å². The molecular weight excluding hydrogens is 266 g/mol. The van der Waals surface area contributed by atoms with Crippen molar-refractivity contribution in [3.05, 3.63) is 41.6 Å². The second-order valence-corrected chi connectivity index (χ2v) is 5.23. The third-order valence-electron chi connectivity index (χ3n) is 4.15. The number of fused-ring (bicyclic) bond motifs is 1. The van der Waals surface area contributed by atoms with E-state index in [0.29, 0.717) is 24.1 Å². The van der Waals surface area contributed by atoms with E-state index in [1.165, 1.54) is 12.3 Å². The number of carboxylic acid groups (broad SMARTS) is 1. The summed E-state index contributed by atoms with van der Waals surface area (Å²) in [6.45, 7) is 1.25. The van der Waals surface area contributed by atoms with Crippen molar-refractivity contribution < 1.29 is 14.6 Å². The standard InChI is InChI=1S/C17H15NO3/c1-2-17(6-9-21-10-7-17)12-3-4-15-14(11-12)13(16(19)20)5-8-18-15/h1,3-5,8,11H,6-7,9-10H2,(H,19,20). The molecule has 1 saturated heterocycles. The van der Waals surface area contributed by atoms with Crippen LogP contribution < -0.4 is 0 Å². The van der Waals surface area contributed by atoms with Crippen molar-refractivity contribution in [3.63, 3.8) is 0 Å². The zero-order valence-electron chi connectivity index (χ0n) is 11.5. The van der Waals surface area contributed by atoms with Crippen LogP contribution in [-0.2, 0) is 10.2 Å². The van der Waals surface area contributed by atoms with Gasteiger partial charge in [-0.05, 0) is 36.6 Å². The fourth-order valence-electron chi connectivity index (χ4n) is 2.87. The topological polar surface area (TPSA) is 59.4 Å². The Balaban J connectivity index is 2.18. The van der Waals surface area contributed by atoms with E-state index in [1.54, 1.807) is 0 Å². The third-order valence-corrected chi connectivity index (χ3v) is 4.15. The Hall–Kier alpha value is -2.38. The van der Waals surface area contributed by atoms with Crippen molar-refractivity contribution >= 4 is 16.9 Å². The first kappa shape index (κ1) is 13.6. The molecule has 1 aliphatic heterocycles.